The molecule has 8 heteroatoms. The molecule has 1 amide bonds. The SMILES string of the molecule is CCc1cccc(C)c1NS(=O)(=O)c1ccc(NC(=O)c2cccc(Cl)c2)c(F)c1. The van der Waals surface area contributed by atoms with Crippen LogP contribution in [0.25, 0.3) is 0 Å². The Hall–Kier alpha value is -2.90. The standard InChI is InChI=1S/C22H20ClFN2O3S/c1-3-15-7-4-6-14(2)21(15)26-30(28,29)18-10-11-20(19(24)13-18)25-22(27)16-8-5-9-17(23)12-16/h4-13,26H,3H2,1-2H3,(H,25,27). The summed E-state index contributed by atoms with van der Waals surface area (Å²) in [5.74, 6) is -1.42. The maximum absolute atomic E-state index is 14.6. The van der Waals surface area contributed by atoms with Crippen LogP contribution in [0.2, 0.25) is 5.02 Å². The van der Waals surface area contributed by atoms with E-state index in [2.05, 4.69) is 10.0 Å². The normalized spacial score (nSPS) is 11.2. The summed E-state index contributed by atoms with van der Waals surface area (Å²) in [5, 5.41) is 2.80. The van der Waals surface area contributed by atoms with Gasteiger partial charge in [0.05, 0.1) is 16.3 Å². The highest BCUT2D eigenvalue weighted by Crippen LogP contribution is 2.26. The molecule has 5 nitrogen and oxygen atoms in total. The number of aryl methyl sites for hydroxylation is 2. The number of amides is 1. The smallest absolute Gasteiger partial charge is 0.262 e. The monoisotopic (exact) mass is 446 g/mol. The van der Waals surface area contributed by atoms with Gasteiger partial charge >= 0.3 is 0 Å². The van der Waals surface area contributed by atoms with Crippen molar-refractivity contribution in [2.75, 3.05) is 10.0 Å². The molecule has 2 N–H and O–H groups in total. The number of sulfonamides is 1. The van der Waals surface area contributed by atoms with E-state index in [1.54, 1.807) is 25.1 Å². The number of hydrogen-bond acceptors (Lipinski definition) is 3. The summed E-state index contributed by atoms with van der Waals surface area (Å²) in [7, 11) is -4.01. The van der Waals surface area contributed by atoms with Crippen LogP contribution in [0, 0.1) is 12.7 Å². The van der Waals surface area contributed by atoms with Gasteiger partial charge in [-0.1, -0.05) is 42.8 Å². The Morgan fingerprint density at radius 1 is 1.07 bits per heavy atom. The lowest BCUT2D eigenvalue weighted by Gasteiger charge is -2.15. The Labute approximate surface area is 179 Å². The Morgan fingerprint density at radius 3 is 2.47 bits per heavy atom. The Bertz CT molecular complexity index is 1210. The van der Waals surface area contributed by atoms with E-state index in [-0.39, 0.29) is 16.1 Å². The molecule has 0 aliphatic heterocycles. The molecule has 3 aromatic rings. The fourth-order valence-corrected chi connectivity index (χ4v) is 4.33. The predicted molar refractivity (Wildman–Crippen MR) is 117 cm³/mol. The van der Waals surface area contributed by atoms with Crippen LogP contribution in [0.15, 0.2) is 65.6 Å². The lowest BCUT2D eigenvalue weighted by atomic mass is 10.1. The number of nitrogens with one attached hydrogen (secondary N) is 2. The van der Waals surface area contributed by atoms with Gasteiger partial charge in [-0.05, 0) is 60.9 Å². The van der Waals surface area contributed by atoms with Crippen LogP contribution in [-0.2, 0) is 16.4 Å². The van der Waals surface area contributed by atoms with Gasteiger partial charge in [0.2, 0.25) is 0 Å². The first kappa shape index (κ1) is 21.8. The highest BCUT2D eigenvalue weighted by Gasteiger charge is 2.19. The van der Waals surface area contributed by atoms with Crippen molar-refractivity contribution in [1.29, 1.82) is 0 Å². The lowest BCUT2D eigenvalue weighted by Crippen LogP contribution is -2.16. The third-order valence-corrected chi connectivity index (χ3v) is 6.14. The van der Waals surface area contributed by atoms with Gasteiger partial charge in [0.25, 0.3) is 15.9 Å². The molecular weight excluding hydrogens is 427 g/mol. The highest BCUT2D eigenvalue weighted by molar-refractivity contribution is 7.92. The molecule has 0 aliphatic rings. The second-order valence-electron chi connectivity index (χ2n) is 6.67. The van der Waals surface area contributed by atoms with Crippen LogP contribution >= 0.6 is 11.6 Å². The number of anilines is 2. The maximum atomic E-state index is 14.6. The third-order valence-electron chi connectivity index (χ3n) is 4.56. The van der Waals surface area contributed by atoms with Gasteiger partial charge in [0.15, 0.2) is 0 Å². The molecule has 0 atom stereocenters. The van der Waals surface area contributed by atoms with E-state index < -0.39 is 21.7 Å². The van der Waals surface area contributed by atoms with Gasteiger partial charge < -0.3 is 5.32 Å². The van der Waals surface area contributed by atoms with Gasteiger partial charge in [-0.15, -0.1) is 0 Å². The second kappa shape index (κ2) is 8.85. The molecule has 3 aromatic carbocycles. The van der Waals surface area contributed by atoms with Crippen LogP contribution in [0.5, 0.6) is 0 Å². The summed E-state index contributed by atoms with van der Waals surface area (Å²) in [6.45, 7) is 3.72. The maximum Gasteiger partial charge on any atom is 0.262 e. The highest BCUT2D eigenvalue weighted by atomic mass is 35.5. The Morgan fingerprint density at radius 2 is 1.80 bits per heavy atom. The number of carbonyl (C=O) groups is 1. The summed E-state index contributed by atoms with van der Waals surface area (Å²) in [6, 6.07) is 15.0. The van der Waals surface area contributed by atoms with E-state index in [0.29, 0.717) is 17.1 Å². The minimum atomic E-state index is -4.01. The molecule has 0 fully saturated rings. The first-order valence-corrected chi connectivity index (χ1v) is 11.0. The van der Waals surface area contributed by atoms with Gasteiger partial charge in [-0.2, -0.15) is 0 Å². The first-order valence-electron chi connectivity index (χ1n) is 9.19. The molecule has 0 saturated heterocycles. The van der Waals surface area contributed by atoms with Crippen molar-refractivity contribution in [2.24, 2.45) is 0 Å². The van der Waals surface area contributed by atoms with E-state index >= 15 is 0 Å². The fraction of sp³-hybridized carbons (Fsp3) is 0.136. The summed E-state index contributed by atoms with van der Waals surface area (Å²) < 4.78 is 42.7. The molecule has 0 aliphatic carbocycles. The molecule has 0 unspecified atom stereocenters. The minimum absolute atomic E-state index is 0.135. The first-order chi connectivity index (χ1) is 14.2. The number of para-hydroxylation sites is 1. The van der Waals surface area contributed by atoms with Crippen molar-refractivity contribution >= 4 is 38.9 Å². The molecule has 30 heavy (non-hydrogen) atoms. The number of benzene rings is 3. The van der Waals surface area contributed by atoms with E-state index in [9.17, 15) is 17.6 Å². The summed E-state index contributed by atoms with van der Waals surface area (Å²) in [5.41, 5.74) is 2.21. The van der Waals surface area contributed by atoms with Crippen LogP contribution < -0.4 is 10.0 Å². The second-order valence-corrected chi connectivity index (χ2v) is 8.79. The predicted octanol–water partition coefficient (Wildman–Crippen LogP) is 5.40. The molecule has 0 spiro atoms. The molecule has 0 radical (unpaired) electrons. The largest absolute Gasteiger partial charge is 0.319 e. The van der Waals surface area contributed by atoms with Gasteiger partial charge in [0.1, 0.15) is 5.82 Å². The molecule has 0 bridgehead atoms. The number of carbonyl (C=O) groups excluding carboxylic acids is 1. The van der Waals surface area contributed by atoms with Crippen molar-refractivity contribution in [2.45, 2.75) is 25.2 Å². The van der Waals surface area contributed by atoms with Gasteiger partial charge in [0, 0.05) is 10.6 Å². The summed E-state index contributed by atoms with van der Waals surface area (Å²) >= 11 is 5.87. The van der Waals surface area contributed by atoms with Crippen molar-refractivity contribution in [1.82, 2.24) is 0 Å². The van der Waals surface area contributed by atoms with Crippen molar-refractivity contribution in [3.05, 3.63) is 88.2 Å². The summed E-state index contributed by atoms with van der Waals surface area (Å²) in [4.78, 5) is 12.0. The minimum Gasteiger partial charge on any atom is -0.319 e. The Balaban J connectivity index is 1.85. The number of halogens is 2. The van der Waals surface area contributed by atoms with Gasteiger partial charge in [-0.3, -0.25) is 9.52 Å². The molecule has 156 valence electrons. The average Bonchev–Trinajstić information content (AvgIpc) is 2.70. The van der Waals surface area contributed by atoms with E-state index in [0.717, 1.165) is 17.2 Å². The van der Waals surface area contributed by atoms with Crippen LogP contribution in [-0.4, -0.2) is 14.3 Å². The molecule has 0 aromatic heterocycles. The molecule has 0 saturated carbocycles. The van der Waals surface area contributed by atoms with Crippen molar-refractivity contribution in [3.63, 3.8) is 0 Å². The molecular formula is C22H20ClFN2O3S. The summed E-state index contributed by atoms with van der Waals surface area (Å²) in [6.07, 6.45) is 0.641. The van der Waals surface area contributed by atoms with E-state index in [1.807, 2.05) is 19.1 Å². The average molecular weight is 447 g/mol. The van der Waals surface area contributed by atoms with E-state index in [4.69, 9.17) is 11.6 Å². The number of rotatable bonds is 6. The van der Waals surface area contributed by atoms with Crippen LogP contribution in [0.1, 0.15) is 28.4 Å². The third kappa shape index (κ3) is 4.80. The van der Waals surface area contributed by atoms with Gasteiger partial charge in [-0.25, -0.2) is 12.8 Å². The number of hydrogen-bond donors (Lipinski definition) is 2. The molecule has 3 rings (SSSR count). The van der Waals surface area contributed by atoms with Crippen LogP contribution in [0.4, 0.5) is 15.8 Å². The fourth-order valence-electron chi connectivity index (χ4n) is 2.95. The quantitative estimate of drug-likeness (QED) is 0.532. The lowest BCUT2D eigenvalue weighted by molar-refractivity contribution is 0.102. The zero-order chi connectivity index (χ0) is 21.9. The Kier molecular flexibility index (Phi) is 6.43. The van der Waals surface area contributed by atoms with Crippen LogP contribution in [0.3, 0.4) is 0 Å². The zero-order valence-electron chi connectivity index (χ0n) is 16.4. The van der Waals surface area contributed by atoms with E-state index in [1.165, 1.54) is 24.3 Å². The molecule has 0 heterocycles. The van der Waals surface area contributed by atoms with Crippen molar-refractivity contribution < 1.29 is 17.6 Å². The van der Waals surface area contributed by atoms with Crippen molar-refractivity contribution in [3.8, 4) is 0 Å². The zero-order valence-corrected chi connectivity index (χ0v) is 17.9. The topological polar surface area (TPSA) is 75.3 Å².